The molecule has 3 N–H and O–H groups in total. The molecule has 0 bridgehead atoms. The van der Waals surface area contributed by atoms with Crippen molar-refractivity contribution >= 4 is 73.6 Å². The van der Waals surface area contributed by atoms with Gasteiger partial charge >= 0.3 is 0 Å². The topological polar surface area (TPSA) is 83.9 Å². The number of imidazole rings is 1. The van der Waals surface area contributed by atoms with Crippen molar-refractivity contribution in [3.63, 3.8) is 0 Å². The highest BCUT2D eigenvalue weighted by atomic mass is 35.5. The Balaban J connectivity index is 0.00000218. The van der Waals surface area contributed by atoms with Gasteiger partial charge in [-0.3, -0.25) is 4.79 Å². The molecule has 0 saturated carbocycles. The molecule has 0 spiro atoms. The van der Waals surface area contributed by atoms with Crippen LogP contribution in [-0.2, 0) is 7.05 Å². The van der Waals surface area contributed by atoms with E-state index in [0.29, 0.717) is 16.5 Å². The molecule has 30 heavy (non-hydrogen) atoms. The van der Waals surface area contributed by atoms with Crippen molar-refractivity contribution in [2.75, 3.05) is 18.4 Å². The predicted molar refractivity (Wildman–Crippen MR) is 125 cm³/mol. The van der Waals surface area contributed by atoms with Gasteiger partial charge in [0.2, 0.25) is 5.95 Å². The molecular formula is C20H20Cl2N6OS. The van der Waals surface area contributed by atoms with Crippen LogP contribution in [0.25, 0.3) is 21.3 Å². The van der Waals surface area contributed by atoms with Crippen LogP contribution in [0.2, 0.25) is 5.02 Å². The second-order valence-electron chi connectivity index (χ2n) is 7.12. The van der Waals surface area contributed by atoms with Crippen LogP contribution in [0.15, 0.2) is 36.4 Å². The minimum atomic E-state index is -0.0659. The van der Waals surface area contributed by atoms with Crippen molar-refractivity contribution in [1.29, 1.82) is 0 Å². The maximum Gasteiger partial charge on any atom is 0.251 e. The number of rotatable bonds is 4. The van der Waals surface area contributed by atoms with Crippen molar-refractivity contribution < 1.29 is 4.79 Å². The number of hydrogen-bond donors (Lipinski definition) is 3. The number of benzene rings is 2. The zero-order valence-electron chi connectivity index (χ0n) is 16.1. The van der Waals surface area contributed by atoms with Gasteiger partial charge < -0.3 is 20.5 Å². The van der Waals surface area contributed by atoms with Gasteiger partial charge in [0.1, 0.15) is 0 Å². The molecule has 0 radical (unpaired) electrons. The number of thiazole rings is 1. The van der Waals surface area contributed by atoms with E-state index < -0.39 is 0 Å². The summed E-state index contributed by atoms with van der Waals surface area (Å²) in [5.41, 5.74) is 3.21. The molecule has 7 nitrogen and oxygen atoms in total. The summed E-state index contributed by atoms with van der Waals surface area (Å²) >= 11 is 7.59. The molecule has 4 aromatic rings. The Morgan fingerprint density at radius 1 is 1.23 bits per heavy atom. The molecule has 5 rings (SSSR count). The summed E-state index contributed by atoms with van der Waals surface area (Å²) in [5.74, 6) is 0.603. The van der Waals surface area contributed by atoms with Crippen LogP contribution in [0.5, 0.6) is 0 Å². The quantitative estimate of drug-likeness (QED) is 0.425. The summed E-state index contributed by atoms with van der Waals surface area (Å²) in [6.07, 6.45) is 0.957. The van der Waals surface area contributed by atoms with Gasteiger partial charge in [-0.05, 0) is 49.4 Å². The van der Waals surface area contributed by atoms with E-state index in [9.17, 15) is 4.79 Å². The molecule has 1 aliphatic rings. The number of carbonyl (C=O) groups is 1. The molecule has 1 saturated heterocycles. The Hall–Kier alpha value is -2.39. The molecule has 10 heteroatoms. The van der Waals surface area contributed by atoms with Gasteiger partial charge in [-0.2, -0.15) is 0 Å². The number of anilines is 2. The minimum absolute atomic E-state index is 0. The van der Waals surface area contributed by atoms with E-state index in [0.717, 1.165) is 45.9 Å². The molecule has 2 aromatic carbocycles. The number of halogens is 2. The smallest absolute Gasteiger partial charge is 0.251 e. The van der Waals surface area contributed by atoms with E-state index >= 15 is 0 Å². The van der Waals surface area contributed by atoms with Crippen LogP contribution in [0, 0.1) is 0 Å². The van der Waals surface area contributed by atoms with E-state index in [1.54, 1.807) is 0 Å². The van der Waals surface area contributed by atoms with Crippen LogP contribution < -0.4 is 16.0 Å². The molecule has 0 unspecified atom stereocenters. The number of fused-ring (bicyclic) bond motifs is 2. The van der Waals surface area contributed by atoms with E-state index in [-0.39, 0.29) is 24.4 Å². The fourth-order valence-corrected chi connectivity index (χ4v) is 4.68. The molecule has 1 aliphatic heterocycles. The number of hydrogen-bond acceptors (Lipinski definition) is 6. The first-order valence-electron chi connectivity index (χ1n) is 9.38. The average Bonchev–Trinajstić information content (AvgIpc) is 3.41. The highest BCUT2D eigenvalue weighted by Gasteiger charge is 2.18. The summed E-state index contributed by atoms with van der Waals surface area (Å²) in [5, 5.41) is 11.0. The molecular weight excluding hydrogens is 443 g/mol. The molecule has 156 valence electrons. The SMILES string of the molecule is Cl.Cn1c(Nc2nc3ccc(Cl)cc3s2)nc2cc(C(=O)N[C@@H]3CCNC3)ccc21. The summed E-state index contributed by atoms with van der Waals surface area (Å²) in [6, 6.07) is 11.4. The van der Waals surface area contributed by atoms with Crippen molar-refractivity contribution in [3.05, 3.63) is 47.0 Å². The third kappa shape index (κ3) is 3.96. The van der Waals surface area contributed by atoms with Gasteiger partial charge in [0.05, 0.1) is 21.3 Å². The monoisotopic (exact) mass is 462 g/mol. The van der Waals surface area contributed by atoms with E-state index in [2.05, 4.69) is 25.9 Å². The highest BCUT2D eigenvalue weighted by Crippen LogP contribution is 2.31. The number of nitrogens with zero attached hydrogens (tertiary/aromatic N) is 3. The molecule has 0 aliphatic carbocycles. The second kappa shape index (κ2) is 8.39. The molecule has 1 atom stereocenters. The lowest BCUT2D eigenvalue weighted by molar-refractivity contribution is 0.0940. The summed E-state index contributed by atoms with van der Waals surface area (Å²) in [7, 11) is 1.94. The Labute approximate surface area is 188 Å². The number of aryl methyl sites for hydroxylation is 1. The van der Waals surface area contributed by atoms with Crippen LogP contribution in [0.4, 0.5) is 11.1 Å². The van der Waals surface area contributed by atoms with E-state index in [4.69, 9.17) is 11.6 Å². The van der Waals surface area contributed by atoms with Crippen molar-refractivity contribution in [3.8, 4) is 0 Å². The summed E-state index contributed by atoms with van der Waals surface area (Å²) in [4.78, 5) is 21.8. The lowest BCUT2D eigenvalue weighted by Gasteiger charge is -2.11. The van der Waals surface area contributed by atoms with Crippen molar-refractivity contribution in [2.24, 2.45) is 7.05 Å². The fourth-order valence-electron chi connectivity index (χ4n) is 3.55. The van der Waals surface area contributed by atoms with Gasteiger partial charge in [0.25, 0.3) is 5.91 Å². The van der Waals surface area contributed by atoms with Crippen LogP contribution in [0.3, 0.4) is 0 Å². The van der Waals surface area contributed by atoms with E-state index in [1.807, 2.05) is 48.0 Å². The Bertz CT molecular complexity index is 1230. The van der Waals surface area contributed by atoms with Crippen LogP contribution in [0.1, 0.15) is 16.8 Å². The third-order valence-corrected chi connectivity index (χ3v) is 6.28. The second-order valence-corrected chi connectivity index (χ2v) is 8.58. The highest BCUT2D eigenvalue weighted by molar-refractivity contribution is 7.22. The van der Waals surface area contributed by atoms with E-state index in [1.165, 1.54) is 11.3 Å². The lowest BCUT2D eigenvalue weighted by atomic mass is 10.1. The Morgan fingerprint density at radius 2 is 2.10 bits per heavy atom. The summed E-state index contributed by atoms with van der Waals surface area (Å²) < 4.78 is 2.97. The first kappa shape index (κ1) is 20.9. The number of amides is 1. The molecule has 3 heterocycles. The van der Waals surface area contributed by atoms with Gasteiger partial charge in [-0.1, -0.05) is 22.9 Å². The number of carbonyl (C=O) groups excluding carboxylic acids is 1. The van der Waals surface area contributed by atoms with Gasteiger partial charge in [0, 0.05) is 30.2 Å². The fraction of sp³-hybridized carbons (Fsp3) is 0.250. The van der Waals surface area contributed by atoms with Crippen molar-refractivity contribution in [1.82, 2.24) is 25.2 Å². The van der Waals surface area contributed by atoms with Gasteiger partial charge in [-0.25, -0.2) is 9.97 Å². The first-order chi connectivity index (χ1) is 14.1. The normalized spacial score (nSPS) is 16.0. The standard InChI is InChI=1S/C20H19ClN6OS.ClH/c1-27-16-5-2-11(18(28)23-13-6-7-22-10-13)8-15(16)24-19(27)26-20-25-14-4-3-12(21)9-17(14)29-20;/h2-5,8-9,13,22H,6-7,10H2,1H3,(H,23,28)(H,24,25,26);1H/t13-;/m1./s1. The maximum atomic E-state index is 12.5. The first-order valence-corrected chi connectivity index (χ1v) is 10.6. The molecule has 1 amide bonds. The van der Waals surface area contributed by atoms with Gasteiger partial charge in [0.15, 0.2) is 5.13 Å². The molecule has 1 fully saturated rings. The minimum Gasteiger partial charge on any atom is -0.348 e. The Morgan fingerprint density at radius 3 is 2.90 bits per heavy atom. The number of aromatic nitrogens is 3. The van der Waals surface area contributed by atoms with Crippen molar-refractivity contribution in [2.45, 2.75) is 12.5 Å². The maximum absolute atomic E-state index is 12.5. The Kier molecular flexibility index (Phi) is 5.84. The lowest BCUT2D eigenvalue weighted by Crippen LogP contribution is -2.36. The largest absolute Gasteiger partial charge is 0.348 e. The average molecular weight is 463 g/mol. The predicted octanol–water partition coefficient (Wildman–Crippen LogP) is 4.09. The molecule has 2 aromatic heterocycles. The van der Waals surface area contributed by atoms with Gasteiger partial charge in [-0.15, -0.1) is 12.4 Å². The number of nitrogens with one attached hydrogen (secondary N) is 3. The summed E-state index contributed by atoms with van der Waals surface area (Å²) in [6.45, 7) is 1.76. The van der Waals surface area contributed by atoms with Crippen LogP contribution >= 0.6 is 35.3 Å². The van der Waals surface area contributed by atoms with Crippen LogP contribution in [-0.4, -0.2) is 39.6 Å². The zero-order chi connectivity index (χ0) is 20.0. The third-order valence-electron chi connectivity index (χ3n) is 5.11. The zero-order valence-corrected chi connectivity index (χ0v) is 18.5.